The molecule has 7 heteroatoms. The van der Waals surface area contributed by atoms with Crippen molar-refractivity contribution in [3.8, 4) is 5.88 Å². The Bertz CT molecular complexity index is 471. The van der Waals surface area contributed by atoms with E-state index in [-0.39, 0.29) is 18.2 Å². The van der Waals surface area contributed by atoms with Gasteiger partial charge in [0.25, 0.3) is 0 Å². The van der Waals surface area contributed by atoms with Crippen molar-refractivity contribution in [2.45, 2.75) is 37.9 Å². The quantitative estimate of drug-likeness (QED) is 0.905. The van der Waals surface area contributed by atoms with E-state index in [1.807, 2.05) is 4.90 Å². The fourth-order valence-electron chi connectivity index (χ4n) is 2.81. The van der Waals surface area contributed by atoms with Crippen LogP contribution in [0.25, 0.3) is 0 Å². The van der Waals surface area contributed by atoms with Gasteiger partial charge >= 0.3 is 6.03 Å². The number of piperidine rings is 1. The molecule has 0 spiro atoms. The van der Waals surface area contributed by atoms with E-state index in [9.17, 15) is 4.79 Å². The van der Waals surface area contributed by atoms with Gasteiger partial charge < -0.3 is 19.7 Å². The van der Waals surface area contributed by atoms with Gasteiger partial charge in [-0.05, 0) is 12.8 Å². The van der Waals surface area contributed by atoms with Crippen molar-refractivity contribution in [2.24, 2.45) is 0 Å². The summed E-state index contributed by atoms with van der Waals surface area (Å²) in [6, 6.07) is -0.00606. The summed E-state index contributed by atoms with van der Waals surface area (Å²) in [6.07, 6.45) is 8.87. The lowest BCUT2D eigenvalue weighted by molar-refractivity contribution is 0.0961. The van der Waals surface area contributed by atoms with Crippen LogP contribution in [0.3, 0.4) is 0 Å². The lowest BCUT2D eigenvalue weighted by Gasteiger charge is -2.32. The molecule has 0 saturated carbocycles. The Balaban J connectivity index is 1.38. The fraction of sp³-hybridized carbons (Fsp3) is 0.667. The molecule has 0 bridgehead atoms. The van der Waals surface area contributed by atoms with E-state index in [2.05, 4.69) is 15.3 Å². The predicted molar refractivity (Wildman–Crippen MR) is 79.6 cm³/mol. The van der Waals surface area contributed by atoms with Crippen LogP contribution in [0.4, 0.5) is 4.79 Å². The highest BCUT2D eigenvalue weighted by Crippen LogP contribution is 2.16. The number of hydrogen-bond acceptors (Lipinski definition) is 5. The number of hydrogen-bond donors (Lipinski definition) is 1. The molecule has 1 aromatic heterocycles. The van der Waals surface area contributed by atoms with E-state index in [1.165, 1.54) is 0 Å². The molecule has 0 aromatic carbocycles. The van der Waals surface area contributed by atoms with Gasteiger partial charge in [0, 0.05) is 51.5 Å². The maximum atomic E-state index is 12.1. The molecule has 120 valence electrons. The second kappa shape index (κ2) is 7.40. The summed E-state index contributed by atoms with van der Waals surface area (Å²) < 4.78 is 11.3. The van der Waals surface area contributed by atoms with Crippen LogP contribution >= 0.6 is 0 Å². The van der Waals surface area contributed by atoms with E-state index in [4.69, 9.17) is 9.47 Å². The Hall–Kier alpha value is -1.89. The summed E-state index contributed by atoms with van der Waals surface area (Å²) in [5.41, 5.74) is 0. The minimum atomic E-state index is -0.00606. The standard InChI is InChI=1S/C15H22N4O3/c20-15(18-10-13-2-1-9-21-13)19-7-3-12(4-8-19)22-14-11-16-5-6-17-14/h5-6,11-13H,1-4,7-10H2,(H,18,20)/t13-/m1/s1. The fourth-order valence-corrected chi connectivity index (χ4v) is 2.81. The molecular formula is C15H22N4O3. The number of nitrogens with one attached hydrogen (secondary N) is 1. The van der Waals surface area contributed by atoms with Crippen molar-refractivity contribution < 1.29 is 14.3 Å². The van der Waals surface area contributed by atoms with E-state index < -0.39 is 0 Å². The van der Waals surface area contributed by atoms with E-state index >= 15 is 0 Å². The average molecular weight is 306 g/mol. The van der Waals surface area contributed by atoms with Gasteiger partial charge in [-0.25, -0.2) is 9.78 Å². The van der Waals surface area contributed by atoms with Crippen LogP contribution in [0.5, 0.6) is 5.88 Å². The third-order valence-electron chi connectivity index (χ3n) is 4.06. The summed E-state index contributed by atoms with van der Waals surface area (Å²) in [5, 5.41) is 2.96. The number of nitrogens with zero attached hydrogens (tertiary/aromatic N) is 3. The Kier molecular flexibility index (Phi) is 5.05. The van der Waals surface area contributed by atoms with Crippen LogP contribution in [-0.2, 0) is 4.74 Å². The van der Waals surface area contributed by atoms with Gasteiger partial charge in [0.2, 0.25) is 5.88 Å². The maximum absolute atomic E-state index is 12.1. The molecule has 2 aliphatic rings. The molecule has 2 saturated heterocycles. The van der Waals surface area contributed by atoms with Gasteiger partial charge in [-0.1, -0.05) is 0 Å². The van der Waals surface area contributed by atoms with Crippen LogP contribution in [0.15, 0.2) is 18.6 Å². The number of amides is 2. The lowest BCUT2D eigenvalue weighted by atomic mass is 10.1. The van der Waals surface area contributed by atoms with Gasteiger partial charge in [-0.15, -0.1) is 0 Å². The third-order valence-corrected chi connectivity index (χ3v) is 4.06. The number of rotatable bonds is 4. The van der Waals surface area contributed by atoms with Crippen molar-refractivity contribution in [3.05, 3.63) is 18.6 Å². The molecular weight excluding hydrogens is 284 g/mol. The summed E-state index contributed by atoms with van der Waals surface area (Å²) in [6.45, 7) is 2.81. The van der Waals surface area contributed by atoms with Gasteiger partial charge in [-0.2, -0.15) is 0 Å². The second-order valence-electron chi connectivity index (χ2n) is 5.67. The van der Waals surface area contributed by atoms with Crippen LogP contribution in [0.2, 0.25) is 0 Å². The largest absolute Gasteiger partial charge is 0.473 e. The second-order valence-corrected chi connectivity index (χ2v) is 5.67. The maximum Gasteiger partial charge on any atom is 0.317 e. The highest BCUT2D eigenvalue weighted by atomic mass is 16.5. The Morgan fingerprint density at radius 3 is 2.91 bits per heavy atom. The number of likely N-dealkylation sites (tertiary alicyclic amines) is 1. The first-order valence-corrected chi connectivity index (χ1v) is 7.88. The van der Waals surface area contributed by atoms with Crippen LogP contribution in [0, 0.1) is 0 Å². The Labute approximate surface area is 130 Å². The molecule has 0 unspecified atom stereocenters. The predicted octanol–water partition coefficient (Wildman–Crippen LogP) is 1.21. The summed E-state index contributed by atoms with van der Waals surface area (Å²) in [4.78, 5) is 22.0. The number of urea groups is 1. The molecule has 3 heterocycles. The van der Waals surface area contributed by atoms with E-state index in [0.29, 0.717) is 25.5 Å². The molecule has 2 amide bonds. The number of carbonyl (C=O) groups excluding carboxylic acids is 1. The zero-order valence-electron chi connectivity index (χ0n) is 12.6. The average Bonchev–Trinajstić information content (AvgIpc) is 3.08. The molecule has 1 N–H and O–H groups in total. The Morgan fingerprint density at radius 1 is 1.36 bits per heavy atom. The molecule has 0 radical (unpaired) electrons. The first kappa shape index (κ1) is 15.0. The zero-order valence-corrected chi connectivity index (χ0v) is 12.6. The molecule has 2 aliphatic heterocycles. The van der Waals surface area contributed by atoms with Crippen LogP contribution in [-0.4, -0.2) is 59.3 Å². The van der Waals surface area contributed by atoms with Crippen molar-refractivity contribution in [3.63, 3.8) is 0 Å². The summed E-state index contributed by atoms with van der Waals surface area (Å²) in [5.74, 6) is 0.545. The molecule has 1 atom stereocenters. The summed E-state index contributed by atoms with van der Waals surface area (Å²) >= 11 is 0. The molecule has 22 heavy (non-hydrogen) atoms. The molecule has 1 aromatic rings. The van der Waals surface area contributed by atoms with E-state index in [0.717, 1.165) is 32.3 Å². The van der Waals surface area contributed by atoms with Crippen LogP contribution < -0.4 is 10.1 Å². The monoisotopic (exact) mass is 306 g/mol. The molecule has 0 aliphatic carbocycles. The van der Waals surface area contributed by atoms with Gasteiger partial charge in [0.15, 0.2) is 0 Å². The number of aromatic nitrogens is 2. The van der Waals surface area contributed by atoms with Gasteiger partial charge in [-0.3, -0.25) is 4.98 Å². The van der Waals surface area contributed by atoms with Crippen molar-refractivity contribution in [2.75, 3.05) is 26.2 Å². The van der Waals surface area contributed by atoms with Crippen molar-refractivity contribution in [1.82, 2.24) is 20.2 Å². The first-order chi connectivity index (χ1) is 10.8. The number of carbonyl (C=O) groups is 1. The zero-order chi connectivity index (χ0) is 15.2. The molecule has 7 nitrogen and oxygen atoms in total. The highest BCUT2D eigenvalue weighted by Gasteiger charge is 2.25. The van der Waals surface area contributed by atoms with Gasteiger partial charge in [0.1, 0.15) is 6.10 Å². The smallest absolute Gasteiger partial charge is 0.317 e. The molecule has 2 fully saturated rings. The third kappa shape index (κ3) is 4.07. The Morgan fingerprint density at radius 2 is 2.23 bits per heavy atom. The minimum Gasteiger partial charge on any atom is -0.473 e. The minimum absolute atomic E-state index is 0.00606. The lowest BCUT2D eigenvalue weighted by Crippen LogP contribution is -2.48. The topological polar surface area (TPSA) is 76.6 Å². The van der Waals surface area contributed by atoms with E-state index in [1.54, 1.807) is 18.6 Å². The normalized spacial score (nSPS) is 22.5. The van der Waals surface area contributed by atoms with Crippen molar-refractivity contribution in [1.29, 1.82) is 0 Å². The number of ether oxygens (including phenoxy) is 2. The molecule has 3 rings (SSSR count). The SMILES string of the molecule is O=C(NC[C@H]1CCCO1)N1CCC(Oc2cnccn2)CC1. The first-order valence-electron chi connectivity index (χ1n) is 7.88. The van der Waals surface area contributed by atoms with Crippen molar-refractivity contribution >= 4 is 6.03 Å². The van der Waals surface area contributed by atoms with Gasteiger partial charge in [0.05, 0.1) is 12.3 Å². The summed E-state index contributed by atoms with van der Waals surface area (Å²) in [7, 11) is 0. The highest BCUT2D eigenvalue weighted by molar-refractivity contribution is 5.74. The van der Waals surface area contributed by atoms with Crippen LogP contribution in [0.1, 0.15) is 25.7 Å².